The molecule has 0 aliphatic rings. The zero-order valence-electron chi connectivity index (χ0n) is 10.2. The van der Waals surface area contributed by atoms with Crippen LogP contribution in [0, 0.1) is 5.21 Å². The number of hydroxylamine groups is 1. The molecule has 1 rings (SSSR count). The molecular formula is C11H17NO5S. The Morgan fingerprint density at radius 1 is 1.44 bits per heavy atom. The highest BCUT2D eigenvalue weighted by atomic mass is 32.2. The van der Waals surface area contributed by atoms with Crippen molar-refractivity contribution in [3.8, 4) is 0 Å². The van der Waals surface area contributed by atoms with Crippen LogP contribution in [0.2, 0.25) is 0 Å². The van der Waals surface area contributed by atoms with Crippen LogP contribution in [-0.2, 0) is 10.1 Å². The van der Waals surface area contributed by atoms with Crippen molar-refractivity contribution in [2.45, 2.75) is 37.5 Å². The van der Waals surface area contributed by atoms with Gasteiger partial charge < -0.3 is 9.62 Å². The molecule has 0 bridgehead atoms. The van der Waals surface area contributed by atoms with Crippen LogP contribution in [0.1, 0.15) is 38.4 Å². The fourth-order valence-electron chi connectivity index (χ4n) is 1.44. The molecule has 0 saturated carbocycles. The summed E-state index contributed by atoms with van der Waals surface area (Å²) in [5.41, 5.74) is 0. The van der Waals surface area contributed by atoms with E-state index in [9.17, 15) is 13.6 Å². The summed E-state index contributed by atoms with van der Waals surface area (Å²) < 4.78 is 35.8. The van der Waals surface area contributed by atoms with Gasteiger partial charge >= 0.3 is 0 Å². The van der Waals surface area contributed by atoms with Crippen LogP contribution in [0.25, 0.3) is 0 Å². The number of nitrogens with zero attached hydrogens (tertiary/aromatic N) is 1. The van der Waals surface area contributed by atoms with Gasteiger partial charge in [0.05, 0.1) is 0 Å². The molecule has 0 unspecified atom stereocenters. The summed E-state index contributed by atoms with van der Waals surface area (Å²) in [6.45, 7) is 2.42. The molecule has 6 nitrogen and oxygen atoms in total. The standard InChI is InChI=1S/C11H17NO5S/c1-2-3-4-5-6-12(13)8-10-7-11(9-17-10)18(14,15)16/h7-9H,2-6H2,1H3,(H,14,15,16). The number of unbranched alkanes of at least 4 members (excludes halogenated alkanes) is 3. The first-order valence-electron chi connectivity index (χ1n) is 5.78. The topological polar surface area (TPSA) is 93.6 Å². The lowest BCUT2D eigenvalue weighted by Crippen LogP contribution is -2.07. The molecule has 102 valence electrons. The summed E-state index contributed by atoms with van der Waals surface area (Å²) in [7, 11) is -4.28. The van der Waals surface area contributed by atoms with Crippen molar-refractivity contribution in [3.63, 3.8) is 0 Å². The molecule has 0 aliphatic carbocycles. The van der Waals surface area contributed by atoms with Crippen molar-refractivity contribution in [1.29, 1.82) is 0 Å². The first-order chi connectivity index (χ1) is 8.43. The normalized spacial score (nSPS) is 12.9. The zero-order chi connectivity index (χ0) is 13.6. The molecular weight excluding hydrogens is 258 g/mol. The number of hydrogen-bond donors (Lipinski definition) is 1. The van der Waals surface area contributed by atoms with Crippen molar-refractivity contribution >= 4 is 16.3 Å². The average Bonchev–Trinajstić information content (AvgIpc) is 2.72. The third-order valence-corrected chi connectivity index (χ3v) is 3.21. The highest BCUT2D eigenvalue weighted by Gasteiger charge is 2.14. The Labute approximate surface area is 106 Å². The highest BCUT2D eigenvalue weighted by molar-refractivity contribution is 7.85. The van der Waals surface area contributed by atoms with Crippen LogP contribution in [0.3, 0.4) is 0 Å². The summed E-state index contributed by atoms with van der Waals surface area (Å²) >= 11 is 0. The maximum absolute atomic E-state index is 11.4. The number of rotatable bonds is 7. The Hall–Kier alpha value is -1.34. The molecule has 7 heteroatoms. The maximum Gasteiger partial charge on any atom is 0.297 e. The van der Waals surface area contributed by atoms with E-state index in [1.807, 2.05) is 0 Å². The van der Waals surface area contributed by atoms with Crippen LogP contribution in [0.15, 0.2) is 21.6 Å². The Balaban J connectivity index is 2.57. The second-order valence-corrected chi connectivity index (χ2v) is 5.41. The predicted molar refractivity (Wildman–Crippen MR) is 66.3 cm³/mol. The zero-order valence-corrected chi connectivity index (χ0v) is 11.0. The Morgan fingerprint density at radius 2 is 2.17 bits per heavy atom. The van der Waals surface area contributed by atoms with Gasteiger partial charge in [-0.2, -0.15) is 8.42 Å². The Kier molecular flexibility index (Phi) is 5.36. The first-order valence-corrected chi connectivity index (χ1v) is 7.22. The van der Waals surface area contributed by atoms with Gasteiger partial charge in [0.15, 0.2) is 12.3 Å². The van der Waals surface area contributed by atoms with E-state index in [1.54, 1.807) is 0 Å². The van der Waals surface area contributed by atoms with E-state index in [2.05, 4.69) is 6.92 Å². The van der Waals surface area contributed by atoms with Gasteiger partial charge in [0.25, 0.3) is 10.1 Å². The fraction of sp³-hybridized carbons (Fsp3) is 0.545. The van der Waals surface area contributed by atoms with Crippen molar-refractivity contribution in [2.24, 2.45) is 0 Å². The monoisotopic (exact) mass is 275 g/mol. The first kappa shape index (κ1) is 14.7. The molecule has 1 heterocycles. The van der Waals surface area contributed by atoms with Gasteiger partial charge in [-0.3, -0.25) is 4.55 Å². The van der Waals surface area contributed by atoms with E-state index in [0.29, 0.717) is 11.3 Å². The largest absolute Gasteiger partial charge is 0.624 e. The van der Waals surface area contributed by atoms with E-state index in [-0.39, 0.29) is 10.7 Å². The van der Waals surface area contributed by atoms with E-state index in [0.717, 1.165) is 38.0 Å². The molecule has 0 amide bonds. The van der Waals surface area contributed by atoms with Gasteiger partial charge in [-0.05, 0) is 6.42 Å². The highest BCUT2D eigenvalue weighted by Crippen LogP contribution is 2.11. The van der Waals surface area contributed by atoms with Gasteiger partial charge in [0, 0.05) is 12.5 Å². The van der Waals surface area contributed by atoms with Crippen LogP contribution >= 0.6 is 0 Å². The minimum absolute atomic E-state index is 0.105. The van der Waals surface area contributed by atoms with Gasteiger partial charge in [0.1, 0.15) is 11.2 Å². The lowest BCUT2D eigenvalue weighted by Gasteiger charge is -2.02. The molecule has 0 saturated heterocycles. The average molecular weight is 275 g/mol. The minimum atomic E-state index is -4.28. The van der Waals surface area contributed by atoms with Crippen molar-refractivity contribution in [3.05, 3.63) is 23.3 Å². The second-order valence-electron chi connectivity index (χ2n) is 3.99. The van der Waals surface area contributed by atoms with Crippen molar-refractivity contribution in [2.75, 3.05) is 6.54 Å². The van der Waals surface area contributed by atoms with Crippen LogP contribution in [0.5, 0.6) is 0 Å². The summed E-state index contributed by atoms with van der Waals surface area (Å²) in [6.07, 6.45) is 6.00. The van der Waals surface area contributed by atoms with E-state index < -0.39 is 10.1 Å². The number of furan rings is 1. The molecule has 1 aromatic heterocycles. The lowest BCUT2D eigenvalue weighted by atomic mass is 10.2. The molecule has 0 radical (unpaired) electrons. The molecule has 0 aromatic carbocycles. The molecule has 0 spiro atoms. The summed E-state index contributed by atoms with van der Waals surface area (Å²) in [4.78, 5) is -0.354. The SMILES string of the molecule is CCCCCC[N+]([O-])=Cc1cc(S(=O)(=O)O)co1. The Bertz CT molecular complexity index is 503. The van der Waals surface area contributed by atoms with Gasteiger partial charge in [-0.15, -0.1) is 0 Å². The van der Waals surface area contributed by atoms with Crippen LogP contribution < -0.4 is 0 Å². The Morgan fingerprint density at radius 3 is 2.72 bits per heavy atom. The predicted octanol–water partition coefficient (Wildman–Crippen LogP) is 2.04. The van der Waals surface area contributed by atoms with Crippen molar-refractivity contribution < 1.29 is 22.1 Å². The smallest absolute Gasteiger partial charge is 0.297 e. The summed E-state index contributed by atoms with van der Waals surface area (Å²) in [5, 5.41) is 11.4. The van der Waals surface area contributed by atoms with E-state index >= 15 is 0 Å². The molecule has 0 atom stereocenters. The summed E-state index contributed by atoms with van der Waals surface area (Å²) in [6, 6.07) is 1.10. The third-order valence-electron chi connectivity index (χ3n) is 2.40. The molecule has 0 aliphatic heterocycles. The second kappa shape index (κ2) is 6.55. The quantitative estimate of drug-likeness (QED) is 0.205. The van der Waals surface area contributed by atoms with E-state index in [1.165, 1.54) is 6.21 Å². The van der Waals surface area contributed by atoms with Gasteiger partial charge in [-0.1, -0.05) is 19.8 Å². The minimum Gasteiger partial charge on any atom is -0.624 e. The maximum atomic E-state index is 11.4. The van der Waals surface area contributed by atoms with Crippen LogP contribution in [-0.4, -0.2) is 30.5 Å². The lowest BCUT2D eigenvalue weighted by molar-refractivity contribution is -0.453. The molecule has 18 heavy (non-hydrogen) atoms. The molecule has 1 aromatic rings. The van der Waals surface area contributed by atoms with Gasteiger partial charge in [0.2, 0.25) is 6.21 Å². The summed E-state index contributed by atoms with van der Waals surface area (Å²) in [5.74, 6) is 0.105. The van der Waals surface area contributed by atoms with Crippen molar-refractivity contribution in [1.82, 2.24) is 0 Å². The van der Waals surface area contributed by atoms with Crippen LogP contribution in [0.4, 0.5) is 0 Å². The third kappa shape index (κ3) is 4.89. The van der Waals surface area contributed by atoms with Gasteiger partial charge in [-0.25, -0.2) is 4.74 Å². The fourth-order valence-corrected chi connectivity index (χ4v) is 1.87. The number of hydrogen-bond acceptors (Lipinski definition) is 4. The molecule has 0 fully saturated rings. The van der Waals surface area contributed by atoms with E-state index in [4.69, 9.17) is 8.97 Å². The molecule has 1 N–H and O–H groups in total.